The first kappa shape index (κ1) is 15.1. The molecule has 6 heteroatoms. The van der Waals surface area contributed by atoms with Crippen LogP contribution in [-0.4, -0.2) is 24.1 Å². The zero-order valence-corrected chi connectivity index (χ0v) is 12.3. The van der Waals surface area contributed by atoms with Gasteiger partial charge < -0.3 is 14.8 Å². The molecule has 1 amide bonds. The van der Waals surface area contributed by atoms with Gasteiger partial charge in [-0.2, -0.15) is 0 Å². The maximum Gasteiger partial charge on any atom is 0.262 e. The molecule has 0 unspecified atom stereocenters. The van der Waals surface area contributed by atoms with Crippen LogP contribution in [0, 0.1) is 0 Å². The predicted octanol–water partition coefficient (Wildman–Crippen LogP) is 3.15. The molecule has 0 aliphatic heterocycles. The number of rotatable bonds is 6. The number of carbonyl (C=O) groups excluding carboxylic acids is 1. The summed E-state index contributed by atoms with van der Waals surface area (Å²) in [7, 11) is 0. The monoisotopic (exact) mass is 306 g/mol. The molecule has 1 aromatic heterocycles. The van der Waals surface area contributed by atoms with E-state index in [9.17, 15) is 4.79 Å². The molecule has 0 aliphatic carbocycles. The highest BCUT2D eigenvalue weighted by Crippen LogP contribution is 2.26. The molecular weight excluding hydrogens is 292 g/mol. The molecule has 1 heterocycles. The van der Waals surface area contributed by atoms with Crippen molar-refractivity contribution in [2.24, 2.45) is 0 Å². The van der Waals surface area contributed by atoms with Gasteiger partial charge in [0.2, 0.25) is 0 Å². The molecule has 1 N–H and O–H groups in total. The third kappa shape index (κ3) is 4.36. The number of aromatic nitrogens is 1. The molecule has 0 saturated heterocycles. The number of para-hydroxylation sites is 2. The van der Waals surface area contributed by atoms with Gasteiger partial charge in [-0.3, -0.25) is 4.79 Å². The minimum atomic E-state index is -0.323. The number of carbonyl (C=O) groups is 1. The number of halogens is 1. The fourth-order valence-corrected chi connectivity index (χ4v) is 1.82. The summed E-state index contributed by atoms with van der Waals surface area (Å²) in [5, 5.41) is 2.87. The van der Waals surface area contributed by atoms with E-state index in [1.54, 1.807) is 30.5 Å². The molecule has 2 rings (SSSR count). The van der Waals surface area contributed by atoms with Gasteiger partial charge in [-0.25, -0.2) is 4.98 Å². The van der Waals surface area contributed by atoms with Crippen molar-refractivity contribution in [3.8, 4) is 11.5 Å². The van der Waals surface area contributed by atoms with E-state index in [2.05, 4.69) is 10.3 Å². The van der Waals surface area contributed by atoms with Gasteiger partial charge in [0.05, 0.1) is 12.3 Å². The number of nitrogens with one attached hydrogen (secondary N) is 1. The summed E-state index contributed by atoms with van der Waals surface area (Å²) in [4.78, 5) is 15.7. The fourth-order valence-electron chi connectivity index (χ4n) is 1.65. The van der Waals surface area contributed by atoms with Crippen molar-refractivity contribution >= 4 is 23.2 Å². The van der Waals surface area contributed by atoms with Gasteiger partial charge >= 0.3 is 0 Å². The number of hydrogen-bond donors (Lipinski definition) is 1. The Hall–Kier alpha value is -2.27. The molecule has 0 aliphatic rings. The summed E-state index contributed by atoms with van der Waals surface area (Å²) in [6.45, 7) is 2.26. The average Bonchev–Trinajstić information content (AvgIpc) is 2.49. The number of benzene rings is 1. The van der Waals surface area contributed by atoms with E-state index in [-0.39, 0.29) is 17.7 Å². The Bertz CT molecular complexity index is 619. The van der Waals surface area contributed by atoms with Crippen molar-refractivity contribution in [3.63, 3.8) is 0 Å². The van der Waals surface area contributed by atoms with E-state index in [0.29, 0.717) is 23.8 Å². The van der Waals surface area contributed by atoms with Crippen LogP contribution in [0.25, 0.3) is 0 Å². The zero-order chi connectivity index (χ0) is 15.1. The van der Waals surface area contributed by atoms with Crippen LogP contribution in [0.5, 0.6) is 11.5 Å². The van der Waals surface area contributed by atoms with Gasteiger partial charge in [0, 0.05) is 6.20 Å². The Balaban J connectivity index is 1.94. The minimum absolute atomic E-state index is 0.144. The van der Waals surface area contributed by atoms with E-state index < -0.39 is 0 Å². The Morgan fingerprint density at radius 1 is 1.19 bits per heavy atom. The molecule has 110 valence electrons. The van der Waals surface area contributed by atoms with Crippen LogP contribution in [0.3, 0.4) is 0 Å². The maximum atomic E-state index is 11.8. The quantitative estimate of drug-likeness (QED) is 0.833. The Kier molecular flexibility index (Phi) is 5.40. The highest BCUT2D eigenvalue weighted by molar-refractivity contribution is 6.32. The van der Waals surface area contributed by atoms with Crippen LogP contribution in [0.2, 0.25) is 5.15 Å². The van der Waals surface area contributed by atoms with Crippen LogP contribution >= 0.6 is 11.6 Å². The summed E-state index contributed by atoms with van der Waals surface area (Å²) in [5.41, 5.74) is 0.450. The Labute approximate surface area is 127 Å². The second-order valence-electron chi connectivity index (χ2n) is 4.06. The molecule has 1 aromatic carbocycles. The molecule has 0 spiro atoms. The lowest BCUT2D eigenvalue weighted by molar-refractivity contribution is -0.118. The summed E-state index contributed by atoms with van der Waals surface area (Å²) in [5.74, 6) is 0.801. The number of ether oxygens (including phenoxy) is 2. The molecule has 0 saturated carbocycles. The number of amides is 1. The summed E-state index contributed by atoms with van der Waals surface area (Å²) in [6, 6.07) is 10.5. The highest BCUT2D eigenvalue weighted by atomic mass is 35.5. The van der Waals surface area contributed by atoms with Gasteiger partial charge in [-0.1, -0.05) is 23.7 Å². The lowest BCUT2D eigenvalue weighted by Gasteiger charge is -2.11. The van der Waals surface area contributed by atoms with Crippen LogP contribution in [0.4, 0.5) is 5.69 Å². The SMILES string of the molecule is CCOc1ccccc1OCC(=O)Nc1cccnc1Cl. The summed E-state index contributed by atoms with van der Waals surface area (Å²) < 4.78 is 10.9. The fraction of sp³-hybridized carbons (Fsp3) is 0.200. The van der Waals surface area contributed by atoms with E-state index in [1.807, 2.05) is 19.1 Å². The average molecular weight is 307 g/mol. The number of pyridine rings is 1. The molecule has 0 fully saturated rings. The maximum absolute atomic E-state index is 11.8. The first-order valence-corrected chi connectivity index (χ1v) is 6.83. The molecule has 0 atom stereocenters. The van der Waals surface area contributed by atoms with Crippen molar-refractivity contribution in [1.29, 1.82) is 0 Å². The lowest BCUT2D eigenvalue weighted by atomic mass is 10.3. The predicted molar refractivity (Wildman–Crippen MR) is 81.0 cm³/mol. The second kappa shape index (κ2) is 7.50. The van der Waals surface area contributed by atoms with Crippen molar-refractivity contribution in [3.05, 3.63) is 47.7 Å². The third-order valence-electron chi connectivity index (χ3n) is 2.54. The van der Waals surface area contributed by atoms with Crippen molar-refractivity contribution < 1.29 is 14.3 Å². The van der Waals surface area contributed by atoms with Crippen LogP contribution in [-0.2, 0) is 4.79 Å². The van der Waals surface area contributed by atoms with Crippen LogP contribution in [0.1, 0.15) is 6.92 Å². The molecule has 21 heavy (non-hydrogen) atoms. The number of anilines is 1. The number of nitrogens with zero attached hydrogens (tertiary/aromatic N) is 1. The zero-order valence-electron chi connectivity index (χ0n) is 11.5. The van der Waals surface area contributed by atoms with Gasteiger partial charge in [-0.05, 0) is 31.2 Å². The largest absolute Gasteiger partial charge is 0.490 e. The molecule has 2 aromatic rings. The van der Waals surface area contributed by atoms with Crippen LogP contribution < -0.4 is 14.8 Å². The Morgan fingerprint density at radius 2 is 1.90 bits per heavy atom. The van der Waals surface area contributed by atoms with Crippen LogP contribution in [0.15, 0.2) is 42.6 Å². The first-order valence-electron chi connectivity index (χ1n) is 6.45. The van der Waals surface area contributed by atoms with E-state index in [4.69, 9.17) is 21.1 Å². The topological polar surface area (TPSA) is 60.5 Å². The van der Waals surface area contributed by atoms with Crippen molar-refractivity contribution in [2.75, 3.05) is 18.5 Å². The first-order chi connectivity index (χ1) is 10.2. The number of hydrogen-bond acceptors (Lipinski definition) is 4. The summed E-state index contributed by atoms with van der Waals surface area (Å²) in [6.07, 6.45) is 1.55. The molecule has 0 bridgehead atoms. The van der Waals surface area contributed by atoms with E-state index >= 15 is 0 Å². The summed E-state index contributed by atoms with van der Waals surface area (Å²) >= 11 is 5.87. The van der Waals surface area contributed by atoms with Gasteiger partial charge in [0.1, 0.15) is 0 Å². The van der Waals surface area contributed by atoms with E-state index in [0.717, 1.165) is 0 Å². The molecule has 5 nitrogen and oxygen atoms in total. The molecular formula is C15H15ClN2O3. The van der Waals surface area contributed by atoms with Crippen molar-refractivity contribution in [1.82, 2.24) is 4.98 Å². The second-order valence-corrected chi connectivity index (χ2v) is 4.42. The van der Waals surface area contributed by atoms with E-state index in [1.165, 1.54) is 0 Å². The van der Waals surface area contributed by atoms with Gasteiger partial charge in [0.25, 0.3) is 5.91 Å². The molecule has 0 radical (unpaired) electrons. The highest BCUT2D eigenvalue weighted by Gasteiger charge is 2.09. The smallest absolute Gasteiger partial charge is 0.262 e. The van der Waals surface area contributed by atoms with Crippen molar-refractivity contribution in [2.45, 2.75) is 6.92 Å². The van der Waals surface area contributed by atoms with Gasteiger partial charge in [-0.15, -0.1) is 0 Å². The third-order valence-corrected chi connectivity index (χ3v) is 2.84. The minimum Gasteiger partial charge on any atom is -0.490 e. The normalized spacial score (nSPS) is 10.0. The Morgan fingerprint density at radius 3 is 2.57 bits per heavy atom. The lowest BCUT2D eigenvalue weighted by Crippen LogP contribution is -2.20. The van der Waals surface area contributed by atoms with Gasteiger partial charge in [0.15, 0.2) is 23.3 Å². The standard InChI is InChI=1S/C15H15ClN2O3/c1-2-20-12-7-3-4-8-13(12)21-10-14(19)18-11-6-5-9-17-15(11)16/h3-9H,2,10H2,1H3,(H,18,19).